The third-order valence-electron chi connectivity index (χ3n) is 4.52. The van der Waals surface area contributed by atoms with Crippen molar-refractivity contribution in [2.24, 2.45) is 11.8 Å². The molecule has 7 heteroatoms. The summed E-state index contributed by atoms with van der Waals surface area (Å²) in [5.41, 5.74) is 0. The van der Waals surface area contributed by atoms with E-state index in [0.717, 1.165) is 12.8 Å². The largest absolute Gasteiger partial charge is 0.493 e. The number of piperazine rings is 1. The van der Waals surface area contributed by atoms with Gasteiger partial charge in [-0.2, -0.15) is 4.31 Å². The second-order valence-electron chi connectivity index (χ2n) is 7.18. The van der Waals surface area contributed by atoms with E-state index >= 15 is 0 Å². The van der Waals surface area contributed by atoms with Crippen molar-refractivity contribution in [1.82, 2.24) is 9.21 Å². The second-order valence-corrected chi connectivity index (χ2v) is 9.12. The van der Waals surface area contributed by atoms with Gasteiger partial charge < -0.3 is 9.64 Å². The smallest absolute Gasteiger partial charge is 0.243 e. The van der Waals surface area contributed by atoms with Crippen molar-refractivity contribution in [3.8, 4) is 5.75 Å². The lowest BCUT2D eigenvalue weighted by Gasteiger charge is -2.34. The fourth-order valence-corrected chi connectivity index (χ4v) is 4.28. The molecule has 1 saturated heterocycles. The second kappa shape index (κ2) is 7.33. The Bertz CT molecular complexity index is 703. The number of carbonyl (C=O) groups excluding carboxylic acids is 1. The van der Waals surface area contributed by atoms with Gasteiger partial charge in [0.1, 0.15) is 5.75 Å². The van der Waals surface area contributed by atoms with Crippen LogP contribution < -0.4 is 4.74 Å². The maximum absolute atomic E-state index is 12.8. The first kappa shape index (κ1) is 18.2. The number of hydrogen-bond acceptors (Lipinski definition) is 4. The first-order valence-corrected chi connectivity index (χ1v) is 10.3. The van der Waals surface area contributed by atoms with Gasteiger partial charge in [-0.1, -0.05) is 13.8 Å². The predicted molar refractivity (Wildman–Crippen MR) is 94.8 cm³/mol. The molecule has 1 saturated carbocycles. The van der Waals surface area contributed by atoms with Crippen LogP contribution in [0.4, 0.5) is 0 Å². The summed E-state index contributed by atoms with van der Waals surface area (Å²) in [5, 5.41) is 0. The van der Waals surface area contributed by atoms with Crippen LogP contribution in [-0.4, -0.2) is 56.3 Å². The summed E-state index contributed by atoms with van der Waals surface area (Å²) in [6.45, 7) is 6.38. The minimum atomic E-state index is -3.52. The van der Waals surface area contributed by atoms with Crippen molar-refractivity contribution in [1.29, 1.82) is 0 Å². The quantitative estimate of drug-likeness (QED) is 0.772. The predicted octanol–water partition coefficient (Wildman–Crippen LogP) is 1.96. The number of hydrogen-bond donors (Lipinski definition) is 0. The van der Waals surface area contributed by atoms with Gasteiger partial charge >= 0.3 is 0 Å². The summed E-state index contributed by atoms with van der Waals surface area (Å²) >= 11 is 0. The molecule has 1 aromatic carbocycles. The van der Waals surface area contributed by atoms with E-state index in [4.69, 9.17) is 4.74 Å². The van der Waals surface area contributed by atoms with E-state index < -0.39 is 10.0 Å². The summed E-state index contributed by atoms with van der Waals surface area (Å²) in [5.74, 6) is 1.45. The van der Waals surface area contributed by atoms with E-state index in [1.54, 1.807) is 29.2 Å². The van der Waals surface area contributed by atoms with Crippen molar-refractivity contribution in [3.05, 3.63) is 24.3 Å². The van der Waals surface area contributed by atoms with Gasteiger partial charge in [0.15, 0.2) is 0 Å². The van der Waals surface area contributed by atoms with Crippen molar-refractivity contribution in [2.45, 2.75) is 31.6 Å². The molecule has 0 atom stereocenters. The van der Waals surface area contributed by atoms with Crippen LogP contribution in [0.25, 0.3) is 0 Å². The Hall–Kier alpha value is -1.60. The van der Waals surface area contributed by atoms with E-state index in [-0.39, 0.29) is 16.7 Å². The first-order chi connectivity index (χ1) is 11.9. The van der Waals surface area contributed by atoms with Gasteiger partial charge in [-0.3, -0.25) is 4.79 Å². The fraction of sp³-hybridized carbons (Fsp3) is 0.611. The van der Waals surface area contributed by atoms with Gasteiger partial charge in [-0.15, -0.1) is 0 Å². The Morgan fingerprint density at radius 3 is 2.24 bits per heavy atom. The molecule has 1 aliphatic heterocycles. The van der Waals surface area contributed by atoms with Gasteiger partial charge in [0.05, 0.1) is 11.5 Å². The van der Waals surface area contributed by atoms with Crippen molar-refractivity contribution >= 4 is 15.9 Å². The van der Waals surface area contributed by atoms with Gasteiger partial charge in [0, 0.05) is 32.1 Å². The van der Waals surface area contributed by atoms with Crippen molar-refractivity contribution in [2.75, 3.05) is 32.8 Å². The maximum atomic E-state index is 12.8. The average molecular weight is 366 g/mol. The summed E-state index contributed by atoms with van der Waals surface area (Å²) < 4.78 is 32.6. The molecule has 0 aromatic heterocycles. The fourth-order valence-electron chi connectivity index (χ4n) is 2.86. The number of sulfonamides is 1. The zero-order chi connectivity index (χ0) is 18.0. The SMILES string of the molecule is CC(C)COc1ccc(S(=O)(=O)N2CCN(C(=O)C3CC3)CC2)cc1. The van der Waals surface area contributed by atoms with Gasteiger partial charge in [0.2, 0.25) is 15.9 Å². The molecule has 25 heavy (non-hydrogen) atoms. The Kier molecular flexibility index (Phi) is 5.34. The topological polar surface area (TPSA) is 66.9 Å². The van der Waals surface area contributed by atoms with E-state index in [2.05, 4.69) is 13.8 Å². The highest BCUT2D eigenvalue weighted by molar-refractivity contribution is 7.89. The summed E-state index contributed by atoms with van der Waals surface area (Å²) in [4.78, 5) is 14.1. The number of carbonyl (C=O) groups is 1. The van der Waals surface area contributed by atoms with Crippen LogP contribution in [0.3, 0.4) is 0 Å². The number of amides is 1. The lowest BCUT2D eigenvalue weighted by atomic mass is 10.2. The minimum absolute atomic E-state index is 0.182. The monoisotopic (exact) mass is 366 g/mol. The molecule has 0 bridgehead atoms. The zero-order valence-electron chi connectivity index (χ0n) is 14.8. The van der Waals surface area contributed by atoms with Crippen LogP contribution >= 0.6 is 0 Å². The molecule has 0 N–H and O–H groups in total. The molecule has 1 amide bonds. The van der Waals surface area contributed by atoms with E-state index in [1.165, 1.54) is 4.31 Å². The lowest BCUT2D eigenvalue weighted by Crippen LogP contribution is -2.50. The van der Waals surface area contributed by atoms with Gasteiger partial charge in [-0.05, 0) is 43.0 Å². The summed E-state index contributed by atoms with van der Waals surface area (Å²) in [7, 11) is -3.52. The molecule has 1 aliphatic carbocycles. The summed E-state index contributed by atoms with van der Waals surface area (Å²) in [6, 6.07) is 6.57. The molecule has 3 rings (SSSR count). The molecule has 1 heterocycles. The molecule has 0 spiro atoms. The highest BCUT2D eigenvalue weighted by Gasteiger charge is 2.36. The molecule has 0 unspecified atom stereocenters. The van der Waals surface area contributed by atoms with E-state index in [1.807, 2.05) is 0 Å². The first-order valence-electron chi connectivity index (χ1n) is 8.89. The van der Waals surface area contributed by atoms with Crippen molar-refractivity contribution in [3.63, 3.8) is 0 Å². The van der Waals surface area contributed by atoms with Crippen LogP contribution in [0.5, 0.6) is 5.75 Å². The number of ether oxygens (including phenoxy) is 1. The van der Waals surface area contributed by atoms with Crippen molar-refractivity contribution < 1.29 is 17.9 Å². The van der Waals surface area contributed by atoms with Gasteiger partial charge in [-0.25, -0.2) is 8.42 Å². The lowest BCUT2D eigenvalue weighted by molar-refractivity contribution is -0.133. The number of rotatable bonds is 6. The zero-order valence-corrected chi connectivity index (χ0v) is 15.7. The van der Waals surface area contributed by atoms with Crippen LogP contribution in [0.1, 0.15) is 26.7 Å². The average Bonchev–Trinajstić information content (AvgIpc) is 3.45. The molecular formula is C18H26N2O4S. The van der Waals surface area contributed by atoms with Crippen LogP contribution in [0, 0.1) is 11.8 Å². The standard InChI is InChI=1S/C18H26N2O4S/c1-14(2)13-24-16-5-7-17(8-6-16)25(22,23)20-11-9-19(10-12-20)18(21)15-3-4-15/h5-8,14-15H,3-4,9-13H2,1-2H3. The molecular weight excluding hydrogens is 340 g/mol. The minimum Gasteiger partial charge on any atom is -0.493 e. The normalized spacial score (nSPS) is 19.2. The maximum Gasteiger partial charge on any atom is 0.243 e. The molecule has 6 nitrogen and oxygen atoms in total. The van der Waals surface area contributed by atoms with Gasteiger partial charge in [0.25, 0.3) is 0 Å². The van der Waals surface area contributed by atoms with E-state index in [0.29, 0.717) is 44.5 Å². The Labute approximate surface area is 149 Å². The highest BCUT2D eigenvalue weighted by atomic mass is 32.2. The third kappa shape index (κ3) is 4.33. The third-order valence-corrected chi connectivity index (χ3v) is 6.43. The molecule has 138 valence electrons. The van der Waals surface area contributed by atoms with Crippen LogP contribution in [0.2, 0.25) is 0 Å². The highest BCUT2D eigenvalue weighted by Crippen LogP contribution is 2.31. The summed E-state index contributed by atoms with van der Waals surface area (Å²) in [6.07, 6.45) is 1.95. The van der Waals surface area contributed by atoms with E-state index in [9.17, 15) is 13.2 Å². The Balaban J connectivity index is 1.60. The number of nitrogens with zero attached hydrogens (tertiary/aromatic N) is 2. The molecule has 2 aliphatic rings. The van der Waals surface area contributed by atoms with Crippen LogP contribution in [-0.2, 0) is 14.8 Å². The molecule has 1 aromatic rings. The molecule has 0 radical (unpaired) electrons. The molecule has 2 fully saturated rings. The Morgan fingerprint density at radius 2 is 1.72 bits per heavy atom. The van der Waals surface area contributed by atoms with Crippen LogP contribution in [0.15, 0.2) is 29.2 Å². The number of benzene rings is 1. The Morgan fingerprint density at radius 1 is 1.12 bits per heavy atom.